The van der Waals surface area contributed by atoms with Crippen molar-refractivity contribution >= 4 is 5.91 Å². The summed E-state index contributed by atoms with van der Waals surface area (Å²) >= 11 is 0. The van der Waals surface area contributed by atoms with Crippen molar-refractivity contribution in [2.24, 2.45) is 5.84 Å². The first-order valence-electron chi connectivity index (χ1n) is 5.44. The van der Waals surface area contributed by atoms with E-state index in [2.05, 4.69) is 17.2 Å². The fourth-order valence-corrected chi connectivity index (χ4v) is 1.50. The minimum Gasteiger partial charge on any atom is -0.383 e. The summed E-state index contributed by atoms with van der Waals surface area (Å²) in [6, 6.07) is -0.281. The van der Waals surface area contributed by atoms with Gasteiger partial charge in [0.1, 0.15) is 6.04 Å². The van der Waals surface area contributed by atoms with E-state index >= 15 is 0 Å². The summed E-state index contributed by atoms with van der Waals surface area (Å²) in [5.41, 5.74) is 2.18. The van der Waals surface area contributed by atoms with E-state index in [4.69, 9.17) is 10.6 Å². The van der Waals surface area contributed by atoms with E-state index in [0.717, 1.165) is 25.9 Å². The average Bonchev–Trinajstić information content (AvgIpc) is 2.27. The highest BCUT2D eigenvalue weighted by Gasteiger charge is 2.23. The smallest absolute Gasteiger partial charge is 0.253 e. The van der Waals surface area contributed by atoms with E-state index in [1.807, 2.05) is 6.92 Å². The van der Waals surface area contributed by atoms with Crippen LogP contribution in [0, 0.1) is 0 Å². The molecule has 0 spiro atoms. The number of nitrogens with one attached hydrogen (secondary N) is 1. The molecule has 3 N–H and O–H groups in total. The number of carbonyl (C=O) groups excluding carboxylic acids is 1. The number of unbranched alkanes of at least 4 members (excludes halogenated alkanes) is 1. The molecular formula is C10H23N3O2. The maximum absolute atomic E-state index is 11.5. The van der Waals surface area contributed by atoms with Gasteiger partial charge in [-0.3, -0.25) is 15.1 Å². The Morgan fingerprint density at radius 1 is 1.53 bits per heavy atom. The molecule has 0 bridgehead atoms. The van der Waals surface area contributed by atoms with Gasteiger partial charge in [0, 0.05) is 7.11 Å². The lowest BCUT2D eigenvalue weighted by Crippen LogP contribution is -2.51. The van der Waals surface area contributed by atoms with Crippen LogP contribution in [0.1, 0.15) is 26.7 Å². The summed E-state index contributed by atoms with van der Waals surface area (Å²) in [5.74, 6) is 4.96. The number of carbonyl (C=O) groups is 1. The van der Waals surface area contributed by atoms with Crippen LogP contribution in [0.3, 0.4) is 0 Å². The number of likely N-dealkylation sites (N-methyl/N-ethyl adjacent to an activating group) is 1. The number of ether oxygens (including phenoxy) is 1. The van der Waals surface area contributed by atoms with Gasteiger partial charge in [0.25, 0.3) is 5.91 Å². The summed E-state index contributed by atoms with van der Waals surface area (Å²) in [4.78, 5) is 13.6. The van der Waals surface area contributed by atoms with Gasteiger partial charge in [-0.15, -0.1) is 0 Å². The minimum atomic E-state index is -0.281. The van der Waals surface area contributed by atoms with Crippen LogP contribution in [0.25, 0.3) is 0 Å². The number of methoxy groups -OCH3 is 1. The Balaban J connectivity index is 4.32. The van der Waals surface area contributed by atoms with Crippen LogP contribution in [0.4, 0.5) is 0 Å². The third-order valence-electron chi connectivity index (χ3n) is 2.42. The van der Waals surface area contributed by atoms with E-state index in [-0.39, 0.29) is 11.9 Å². The standard InChI is InChI=1S/C10H23N3O2/c1-4-6-7-13(5-2)9(8-15-3)10(14)12-11/h9H,4-8,11H2,1-3H3,(H,12,14). The number of hydrazine groups is 1. The zero-order valence-corrected chi connectivity index (χ0v) is 9.95. The Labute approximate surface area is 91.9 Å². The zero-order chi connectivity index (χ0) is 11.7. The van der Waals surface area contributed by atoms with Crippen LogP contribution in [0.15, 0.2) is 0 Å². The van der Waals surface area contributed by atoms with E-state index in [1.54, 1.807) is 7.11 Å². The molecule has 0 fully saturated rings. The second-order valence-corrected chi connectivity index (χ2v) is 3.46. The van der Waals surface area contributed by atoms with Crippen molar-refractivity contribution in [2.45, 2.75) is 32.7 Å². The first-order valence-corrected chi connectivity index (χ1v) is 5.44. The average molecular weight is 217 g/mol. The van der Waals surface area contributed by atoms with Gasteiger partial charge in [0.15, 0.2) is 0 Å². The molecule has 1 unspecified atom stereocenters. The summed E-state index contributed by atoms with van der Waals surface area (Å²) < 4.78 is 5.03. The summed E-state index contributed by atoms with van der Waals surface area (Å²) in [6.07, 6.45) is 2.19. The van der Waals surface area contributed by atoms with Crippen LogP contribution in [0.2, 0.25) is 0 Å². The molecule has 0 aromatic carbocycles. The molecule has 0 rings (SSSR count). The number of hydrogen-bond acceptors (Lipinski definition) is 4. The van der Waals surface area contributed by atoms with Crippen LogP contribution in [-0.4, -0.2) is 43.7 Å². The quantitative estimate of drug-likeness (QED) is 0.344. The normalized spacial score (nSPS) is 12.9. The largest absolute Gasteiger partial charge is 0.383 e. The molecule has 1 amide bonds. The Morgan fingerprint density at radius 3 is 2.60 bits per heavy atom. The third kappa shape index (κ3) is 5.11. The molecule has 1 atom stereocenters. The Morgan fingerprint density at radius 2 is 2.20 bits per heavy atom. The fraction of sp³-hybridized carbons (Fsp3) is 0.900. The molecule has 0 saturated carbocycles. The van der Waals surface area contributed by atoms with E-state index < -0.39 is 0 Å². The molecule has 15 heavy (non-hydrogen) atoms. The highest BCUT2D eigenvalue weighted by Crippen LogP contribution is 2.03. The summed E-state index contributed by atoms with van der Waals surface area (Å²) in [7, 11) is 1.59. The monoisotopic (exact) mass is 217 g/mol. The highest BCUT2D eigenvalue weighted by atomic mass is 16.5. The highest BCUT2D eigenvalue weighted by molar-refractivity contribution is 5.81. The second kappa shape index (κ2) is 8.64. The minimum absolute atomic E-state index is 0.185. The van der Waals surface area contributed by atoms with Gasteiger partial charge in [-0.1, -0.05) is 20.3 Å². The predicted octanol–water partition coefficient (Wildman–Crippen LogP) is 0.113. The second-order valence-electron chi connectivity index (χ2n) is 3.46. The predicted molar refractivity (Wildman–Crippen MR) is 60.1 cm³/mol. The van der Waals surface area contributed by atoms with Crippen molar-refractivity contribution in [1.29, 1.82) is 0 Å². The molecule has 0 aromatic heterocycles. The number of amides is 1. The summed E-state index contributed by atoms with van der Waals surface area (Å²) in [5, 5.41) is 0. The van der Waals surface area contributed by atoms with Crippen LogP contribution in [-0.2, 0) is 9.53 Å². The van der Waals surface area contributed by atoms with Crippen molar-refractivity contribution in [3.05, 3.63) is 0 Å². The van der Waals surface area contributed by atoms with Gasteiger partial charge in [0.05, 0.1) is 6.61 Å². The molecular weight excluding hydrogens is 194 g/mol. The van der Waals surface area contributed by atoms with E-state index in [9.17, 15) is 4.79 Å². The molecule has 5 heteroatoms. The van der Waals surface area contributed by atoms with E-state index in [1.165, 1.54) is 0 Å². The Hall–Kier alpha value is -0.650. The molecule has 0 aliphatic heterocycles. The lowest BCUT2D eigenvalue weighted by molar-refractivity contribution is -0.128. The van der Waals surface area contributed by atoms with Gasteiger partial charge < -0.3 is 4.74 Å². The fourth-order valence-electron chi connectivity index (χ4n) is 1.50. The van der Waals surface area contributed by atoms with Crippen molar-refractivity contribution in [1.82, 2.24) is 10.3 Å². The van der Waals surface area contributed by atoms with Gasteiger partial charge >= 0.3 is 0 Å². The third-order valence-corrected chi connectivity index (χ3v) is 2.42. The number of nitrogens with two attached hydrogens (primary N) is 1. The molecule has 0 aliphatic rings. The zero-order valence-electron chi connectivity index (χ0n) is 9.95. The van der Waals surface area contributed by atoms with Crippen LogP contribution < -0.4 is 11.3 Å². The maximum Gasteiger partial charge on any atom is 0.253 e. The number of rotatable bonds is 8. The van der Waals surface area contributed by atoms with Gasteiger partial charge in [0.2, 0.25) is 0 Å². The first-order chi connectivity index (χ1) is 7.21. The van der Waals surface area contributed by atoms with Crippen LogP contribution in [0.5, 0.6) is 0 Å². The molecule has 5 nitrogen and oxygen atoms in total. The van der Waals surface area contributed by atoms with Crippen molar-refractivity contribution in [2.75, 3.05) is 26.8 Å². The van der Waals surface area contributed by atoms with Crippen molar-refractivity contribution in [3.63, 3.8) is 0 Å². The Kier molecular flexibility index (Phi) is 8.27. The number of hydrogen-bond donors (Lipinski definition) is 2. The van der Waals surface area contributed by atoms with Crippen LogP contribution >= 0.6 is 0 Å². The maximum atomic E-state index is 11.5. The van der Waals surface area contributed by atoms with Crippen molar-refractivity contribution in [3.8, 4) is 0 Å². The van der Waals surface area contributed by atoms with Gasteiger partial charge in [-0.25, -0.2) is 5.84 Å². The SMILES string of the molecule is CCCCN(CC)C(COC)C(=O)NN. The van der Waals surface area contributed by atoms with Gasteiger partial charge in [-0.05, 0) is 19.5 Å². The molecule has 90 valence electrons. The van der Waals surface area contributed by atoms with Gasteiger partial charge in [-0.2, -0.15) is 0 Å². The summed E-state index contributed by atoms with van der Waals surface area (Å²) in [6.45, 7) is 6.25. The molecule has 0 radical (unpaired) electrons. The lowest BCUT2D eigenvalue weighted by atomic mass is 10.2. The molecule has 0 heterocycles. The molecule has 0 aromatic rings. The number of nitrogens with zero attached hydrogens (tertiary/aromatic N) is 1. The topological polar surface area (TPSA) is 67.6 Å². The Bertz CT molecular complexity index is 176. The molecule has 0 aliphatic carbocycles. The van der Waals surface area contributed by atoms with Crippen molar-refractivity contribution < 1.29 is 9.53 Å². The van der Waals surface area contributed by atoms with E-state index in [0.29, 0.717) is 6.61 Å². The first kappa shape index (κ1) is 14.3. The molecule has 0 saturated heterocycles. The lowest BCUT2D eigenvalue weighted by Gasteiger charge is -2.28.